The van der Waals surface area contributed by atoms with Crippen LogP contribution in [0.1, 0.15) is 41.5 Å². The van der Waals surface area contributed by atoms with Crippen LogP contribution in [-0.4, -0.2) is 37.5 Å². The van der Waals surface area contributed by atoms with Gasteiger partial charge >= 0.3 is 0 Å². The maximum atomic E-state index is 12.7. The van der Waals surface area contributed by atoms with Crippen LogP contribution >= 0.6 is 0 Å². The highest BCUT2D eigenvalue weighted by atomic mass is 16.2. The summed E-state index contributed by atoms with van der Waals surface area (Å²) in [6.07, 6.45) is 8.11. The quantitative estimate of drug-likeness (QED) is 0.778. The van der Waals surface area contributed by atoms with Gasteiger partial charge in [-0.05, 0) is 24.8 Å². The molecule has 3 aromatic rings. The molecule has 1 amide bonds. The Labute approximate surface area is 139 Å². The van der Waals surface area contributed by atoms with Gasteiger partial charge in [-0.3, -0.25) is 9.89 Å². The van der Waals surface area contributed by atoms with E-state index in [0.29, 0.717) is 5.56 Å². The molecule has 0 saturated carbocycles. The standard InChI is InChI=1S/C18H19N5O/c24-18(14-10-20-21-11-14)23-9-5-4-8-16(23)17-19-12-15(22-17)13-6-2-1-3-7-13/h1-3,6-7,10-12,16H,4-5,8-9H2,(H,19,22)(H,20,21). The first kappa shape index (κ1) is 14.7. The van der Waals surface area contributed by atoms with Crippen molar-refractivity contribution in [3.8, 4) is 11.3 Å². The van der Waals surface area contributed by atoms with Crippen LogP contribution in [-0.2, 0) is 0 Å². The van der Waals surface area contributed by atoms with Crippen LogP contribution in [0.3, 0.4) is 0 Å². The lowest BCUT2D eigenvalue weighted by atomic mass is 10.0. The van der Waals surface area contributed by atoms with Crippen molar-refractivity contribution in [2.45, 2.75) is 25.3 Å². The molecule has 6 nitrogen and oxygen atoms in total. The van der Waals surface area contributed by atoms with Crippen LogP contribution in [0.2, 0.25) is 0 Å². The van der Waals surface area contributed by atoms with Crippen molar-refractivity contribution >= 4 is 5.91 Å². The first-order valence-electron chi connectivity index (χ1n) is 8.23. The number of nitrogens with one attached hydrogen (secondary N) is 2. The largest absolute Gasteiger partial charge is 0.340 e. The van der Waals surface area contributed by atoms with Gasteiger partial charge in [0.2, 0.25) is 0 Å². The average Bonchev–Trinajstić information content (AvgIpc) is 3.34. The SMILES string of the molecule is O=C(c1cn[nH]c1)N1CCCCC1c1ncc(-c2ccccc2)[nH]1. The molecule has 1 saturated heterocycles. The van der Waals surface area contributed by atoms with Crippen molar-refractivity contribution in [3.63, 3.8) is 0 Å². The Kier molecular flexibility index (Phi) is 3.86. The van der Waals surface area contributed by atoms with E-state index >= 15 is 0 Å². The maximum Gasteiger partial charge on any atom is 0.257 e. The Bertz CT molecular complexity index is 809. The van der Waals surface area contributed by atoms with Gasteiger partial charge in [-0.1, -0.05) is 30.3 Å². The van der Waals surface area contributed by atoms with Crippen LogP contribution < -0.4 is 0 Å². The molecule has 1 aliphatic heterocycles. The van der Waals surface area contributed by atoms with Gasteiger partial charge in [0, 0.05) is 12.7 Å². The van der Waals surface area contributed by atoms with Crippen LogP contribution in [0.15, 0.2) is 48.9 Å². The number of carbonyl (C=O) groups excluding carboxylic acids is 1. The smallest absolute Gasteiger partial charge is 0.257 e. The number of rotatable bonds is 3. The molecular weight excluding hydrogens is 302 g/mol. The van der Waals surface area contributed by atoms with Gasteiger partial charge in [0.15, 0.2) is 0 Å². The monoisotopic (exact) mass is 321 g/mol. The van der Waals surface area contributed by atoms with Gasteiger partial charge in [-0.2, -0.15) is 5.10 Å². The normalized spacial score (nSPS) is 17.8. The second-order valence-electron chi connectivity index (χ2n) is 6.05. The van der Waals surface area contributed by atoms with Crippen molar-refractivity contribution in [2.24, 2.45) is 0 Å². The molecule has 0 aliphatic carbocycles. The number of benzene rings is 1. The molecule has 3 heterocycles. The highest BCUT2D eigenvalue weighted by Gasteiger charge is 2.31. The number of carbonyl (C=O) groups is 1. The number of amides is 1. The summed E-state index contributed by atoms with van der Waals surface area (Å²) in [6.45, 7) is 0.746. The summed E-state index contributed by atoms with van der Waals surface area (Å²) >= 11 is 0. The number of H-pyrrole nitrogens is 2. The van der Waals surface area contributed by atoms with Gasteiger partial charge in [0.1, 0.15) is 5.82 Å². The van der Waals surface area contributed by atoms with Gasteiger partial charge in [-0.25, -0.2) is 4.98 Å². The lowest BCUT2D eigenvalue weighted by molar-refractivity contribution is 0.0601. The molecule has 24 heavy (non-hydrogen) atoms. The Morgan fingerprint density at radius 2 is 2.04 bits per heavy atom. The summed E-state index contributed by atoms with van der Waals surface area (Å²) < 4.78 is 0. The Hall–Kier alpha value is -2.89. The van der Waals surface area contributed by atoms with Crippen LogP contribution in [0, 0.1) is 0 Å². The number of imidazole rings is 1. The van der Waals surface area contributed by atoms with Crippen molar-refractivity contribution in [1.82, 2.24) is 25.1 Å². The fourth-order valence-corrected chi connectivity index (χ4v) is 3.26. The first-order chi connectivity index (χ1) is 11.8. The maximum absolute atomic E-state index is 12.7. The lowest BCUT2D eigenvalue weighted by Crippen LogP contribution is -2.38. The lowest BCUT2D eigenvalue weighted by Gasteiger charge is -2.34. The Morgan fingerprint density at radius 3 is 2.83 bits per heavy atom. The summed E-state index contributed by atoms with van der Waals surface area (Å²) in [4.78, 5) is 22.6. The van der Waals surface area contributed by atoms with E-state index < -0.39 is 0 Å². The predicted octanol–water partition coefficient (Wildman–Crippen LogP) is 3.17. The second-order valence-corrected chi connectivity index (χ2v) is 6.05. The summed E-state index contributed by atoms with van der Waals surface area (Å²) in [5.74, 6) is 0.858. The van der Waals surface area contributed by atoms with Crippen LogP contribution in [0.4, 0.5) is 0 Å². The summed E-state index contributed by atoms with van der Waals surface area (Å²) in [7, 11) is 0. The third-order valence-corrected chi connectivity index (χ3v) is 4.50. The highest BCUT2D eigenvalue weighted by molar-refractivity contribution is 5.94. The minimum Gasteiger partial charge on any atom is -0.340 e. The molecule has 1 aliphatic rings. The number of aromatic amines is 2. The minimum absolute atomic E-state index is 0.00566. The average molecular weight is 321 g/mol. The van der Waals surface area contributed by atoms with Crippen molar-refractivity contribution < 1.29 is 4.79 Å². The molecule has 1 fully saturated rings. The molecule has 2 aromatic heterocycles. The molecule has 1 atom stereocenters. The van der Waals surface area contributed by atoms with E-state index in [1.54, 1.807) is 12.4 Å². The second kappa shape index (κ2) is 6.31. The van der Waals surface area contributed by atoms with Gasteiger partial charge in [0.05, 0.1) is 29.7 Å². The molecule has 1 unspecified atom stereocenters. The first-order valence-corrected chi connectivity index (χ1v) is 8.23. The third-order valence-electron chi connectivity index (χ3n) is 4.50. The van der Waals surface area contributed by atoms with Gasteiger partial charge in [-0.15, -0.1) is 0 Å². The van der Waals surface area contributed by atoms with E-state index in [2.05, 4.69) is 20.2 Å². The number of likely N-dealkylation sites (tertiary alicyclic amines) is 1. The number of nitrogens with zero attached hydrogens (tertiary/aromatic N) is 3. The zero-order valence-electron chi connectivity index (χ0n) is 13.3. The Balaban J connectivity index is 1.62. The number of aromatic nitrogens is 4. The van der Waals surface area contributed by atoms with Crippen molar-refractivity contribution in [1.29, 1.82) is 0 Å². The molecule has 0 radical (unpaired) electrons. The zero-order chi connectivity index (χ0) is 16.4. The third kappa shape index (κ3) is 2.71. The van der Waals surface area contributed by atoms with Crippen LogP contribution in [0.25, 0.3) is 11.3 Å². The van der Waals surface area contributed by atoms with Crippen molar-refractivity contribution in [3.05, 3.63) is 60.3 Å². The number of hydrogen-bond acceptors (Lipinski definition) is 3. The van der Waals surface area contributed by atoms with E-state index in [1.807, 2.05) is 41.4 Å². The van der Waals surface area contributed by atoms with Crippen LogP contribution in [0.5, 0.6) is 0 Å². The summed E-state index contributed by atoms with van der Waals surface area (Å²) in [6, 6.07) is 10.1. The fourth-order valence-electron chi connectivity index (χ4n) is 3.26. The summed E-state index contributed by atoms with van der Waals surface area (Å²) in [5, 5.41) is 6.59. The van der Waals surface area contributed by atoms with E-state index in [4.69, 9.17) is 0 Å². The fraction of sp³-hybridized carbons (Fsp3) is 0.278. The van der Waals surface area contributed by atoms with Gasteiger partial charge < -0.3 is 9.88 Å². The van der Waals surface area contributed by atoms with E-state index in [9.17, 15) is 4.79 Å². The van der Waals surface area contributed by atoms with E-state index in [0.717, 1.165) is 42.9 Å². The highest BCUT2D eigenvalue weighted by Crippen LogP contribution is 2.31. The Morgan fingerprint density at radius 1 is 1.17 bits per heavy atom. The molecule has 2 N–H and O–H groups in total. The molecule has 122 valence electrons. The molecule has 6 heteroatoms. The molecule has 4 rings (SSSR count). The molecular formula is C18H19N5O. The molecule has 0 bridgehead atoms. The van der Waals surface area contributed by atoms with Crippen molar-refractivity contribution in [2.75, 3.05) is 6.54 Å². The van der Waals surface area contributed by atoms with Gasteiger partial charge in [0.25, 0.3) is 5.91 Å². The molecule has 0 spiro atoms. The van der Waals surface area contributed by atoms with E-state index in [1.165, 1.54) is 0 Å². The van der Waals surface area contributed by atoms with E-state index in [-0.39, 0.29) is 11.9 Å². The zero-order valence-corrected chi connectivity index (χ0v) is 13.3. The molecule has 1 aromatic carbocycles. The number of piperidine rings is 1. The topological polar surface area (TPSA) is 77.7 Å². The number of hydrogen-bond donors (Lipinski definition) is 2. The predicted molar refractivity (Wildman–Crippen MR) is 90.2 cm³/mol. The summed E-state index contributed by atoms with van der Waals surface area (Å²) in [5.41, 5.74) is 2.67. The minimum atomic E-state index is -0.0152.